The van der Waals surface area contributed by atoms with Gasteiger partial charge < -0.3 is 10.4 Å². The van der Waals surface area contributed by atoms with Crippen LogP contribution in [0.5, 0.6) is 0 Å². The van der Waals surface area contributed by atoms with Gasteiger partial charge in [0.05, 0.1) is 14.2 Å². The summed E-state index contributed by atoms with van der Waals surface area (Å²) in [5.74, 6) is 0. The molecule has 1 rings (SSSR count). The van der Waals surface area contributed by atoms with Crippen molar-refractivity contribution in [3.05, 3.63) is 10.4 Å². The fraction of sp³-hybridized carbons (Fsp3) is 1.00. The standard InChI is InChI=1S/C2H10N8O4/c1-13-9(11)7-5-3-4-6-8(7)10(12)14-2/h3-6H,1-2H3/q-2. The van der Waals surface area contributed by atoms with Crippen molar-refractivity contribution >= 4 is 0 Å². The van der Waals surface area contributed by atoms with Gasteiger partial charge >= 0.3 is 0 Å². The highest BCUT2D eigenvalue weighted by Gasteiger charge is 2.22. The highest BCUT2D eigenvalue weighted by Crippen LogP contribution is 2.00. The molecule has 1 heterocycles. The second kappa shape index (κ2) is 5.41. The number of hydrogen-bond donors (Lipinski definition) is 4. The van der Waals surface area contributed by atoms with Gasteiger partial charge in [-0.05, 0) is 10.5 Å². The third-order valence-corrected chi connectivity index (χ3v) is 1.18. The summed E-state index contributed by atoms with van der Waals surface area (Å²) in [6.45, 7) is 0. The highest BCUT2D eigenvalue weighted by atomic mass is 17.0. The molecule has 0 bridgehead atoms. The lowest BCUT2D eigenvalue weighted by Crippen LogP contribution is -2.78. The van der Waals surface area contributed by atoms with Gasteiger partial charge in [0.1, 0.15) is 0 Å². The molecule has 0 aromatic rings. The average molecular weight is 210 g/mol. The Morgan fingerprint density at radius 3 is 1.57 bits per heavy atom. The van der Waals surface area contributed by atoms with Gasteiger partial charge in [0, 0.05) is 0 Å². The first-order valence-electron chi connectivity index (χ1n) is 3.34. The third kappa shape index (κ3) is 2.51. The molecule has 1 aliphatic heterocycles. The van der Waals surface area contributed by atoms with Gasteiger partial charge in [-0.15, -0.1) is 11.1 Å². The van der Waals surface area contributed by atoms with Crippen LogP contribution in [0.1, 0.15) is 0 Å². The summed E-state index contributed by atoms with van der Waals surface area (Å²) in [4.78, 5) is 8.57. The molecule has 12 heteroatoms. The van der Waals surface area contributed by atoms with E-state index in [4.69, 9.17) is 0 Å². The summed E-state index contributed by atoms with van der Waals surface area (Å²) in [7, 11) is 2.24. The van der Waals surface area contributed by atoms with Crippen molar-refractivity contribution in [3.63, 3.8) is 0 Å². The summed E-state index contributed by atoms with van der Waals surface area (Å²) in [6, 6.07) is 0. The fourth-order valence-corrected chi connectivity index (χ4v) is 0.625. The molecule has 0 atom stereocenters. The zero-order valence-corrected chi connectivity index (χ0v) is 7.42. The summed E-state index contributed by atoms with van der Waals surface area (Å²) >= 11 is 0. The lowest BCUT2D eigenvalue weighted by molar-refractivity contribution is -0.463. The molecule has 0 aromatic carbocycles. The molecule has 14 heavy (non-hydrogen) atoms. The predicted octanol–water partition coefficient (Wildman–Crippen LogP) is -3.00. The Bertz CT molecular complexity index is 151. The molecule has 0 saturated carbocycles. The minimum Gasteiger partial charge on any atom is -0.746 e. The van der Waals surface area contributed by atoms with E-state index in [1.807, 2.05) is 0 Å². The number of hydrogen-bond acceptors (Lipinski definition) is 12. The number of rotatable bonds is 4. The largest absolute Gasteiger partial charge is 0.746 e. The first kappa shape index (κ1) is 11.6. The van der Waals surface area contributed by atoms with Gasteiger partial charge in [-0.25, -0.2) is 0 Å². The molecule has 84 valence electrons. The molecule has 1 saturated heterocycles. The monoisotopic (exact) mass is 210 g/mol. The maximum atomic E-state index is 11.0. The fourth-order valence-electron chi connectivity index (χ4n) is 0.625. The molecule has 1 aliphatic rings. The third-order valence-electron chi connectivity index (χ3n) is 1.18. The number of hydrazine groups is 8. The molecular formula is C2H10N8O4-2. The van der Waals surface area contributed by atoms with Crippen molar-refractivity contribution in [2.45, 2.75) is 0 Å². The Hall–Kier alpha value is -0.480. The van der Waals surface area contributed by atoms with E-state index in [9.17, 15) is 10.4 Å². The van der Waals surface area contributed by atoms with Gasteiger partial charge in [-0.2, -0.15) is 21.7 Å². The summed E-state index contributed by atoms with van der Waals surface area (Å²) in [5, 5.41) is 23.1. The van der Waals surface area contributed by atoms with Crippen LogP contribution < -0.4 is 22.1 Å². The maximum Gasteiger partial charge on any atom is 0.0580 e. The molecule has 4 N–H and O–H groups in total. The Morgan fingerprint density at radius 2 is 1.29 bits per heavy atom. The molecule has 0 spiro atoms. The quantitative estimate of drug-likeness (QED) is 0.353. The first-order valence-corrected chi connectivity index (χ1v) is 3.34. The molecule has 0 radical (unpaired) electrons. The van der Waals surface area contributed by atoms with Crippen LogP contribution in [0.4, 0.5) is 0 Å². The van der Waals surface area contributed by atoms with Gasteiger partial charge in [0.25, 0.3) is 0 Å². The number of nitrogens with zero attached hydrogens (tertiary/aromatic N) is 4. The molecule has 0 aromatic heterocycles. The SMILES string of the molecule is CON([O-])N1NNNNN1N([O-])OC. The minimum absolute atomic E-state index is 0.0231. The average Bonchev–Trinajstić information content (AvgIpc) is 2.27. The zero-order chi connectivity index (χ0) is 10.6. The smallest absolute Gasteiger partial charge is 0.0580 e. The molecular weight excluding hydrogens is 200 g/mol. The van der Waals surface area contributed by atoms with Gasteiger partial charge in [0.15, 0.2) is 0 Å². The van der Waals surface area contributed by atoms with E-state index in [2.05, 4.69) is 31.8 Å². The Labute approximate surface area is 78.7 Å². The van der Waals surface area contributed by atoms with E-state index in [0.717, 1.165) is 14.2 Å². The summed E-state index contributed by atoms with van der Waals surface area (Å²) < 4.78 is 0. The van der Waals surface area contributed by atoms with E-state index in [0.29, 0.717) is 10.5 Å². The lowest BCUT2D eigenvalue weighted by Gasteiger charge is -2.49. The number of nitrogens with one attached hydrogen (secondary N) is 4. The van der Waals surface area contributed by atoms with Crippen LogP contribution in [0.2, 0.25) is 0 Å². The van der Waals surface area contributed by atoms with Gasteiger partial charge in [-0.3, -0.25) is 9.68 Å². The maximum absolute atomic E-state index is 11.0. The van der Waals surface area contributed by atoms with E-state index in [1.165, 1.54) is 0 Å². The Balaban J connectivity index is 2.58. The predicted molar refractivity (Wildman–Crippen MR) is 40.7 cm³/mol. The molecule has 12 nitrogen and oxygen atoms in total. The van der Waals surface area contributed by atoms with Crippen molar-refractivity contribution in [3.8, 4) is 0 Å². The van der Waals surface area contributed by atoms with Crippen LogP contribution in [0.25, 0.3) is 0 Å². The molecule has 0 amide bonds. The van der Waals surface area contributed by atoms with Crippen LogP contribution in [-0.2, 0) is 9.68 Å². The zero-order valence-electron chi connectivity index (χ0n) is 7.42. The molecule has 0 aliphatic carbocycles. The summed E-state index contributed by atoms with van der Waals surface area (Å²) in [5.41, 5.74) is 9.05. The van der Waals surface area contributed by atoms with E-state index in [1.54, 1.807) is 0 Å². The van der Waals surface area contributed by atoms with E-state index >= 15 is 0 Å². The van der Waals surface area contributed by atoms with E-state index in [-0.39, 0.29) is 10.7 Å². The van der Waals surface area contributed by atoms with E-state index < -0.39 is 0 Å². The lowest BCUT2D eigenvalue weighted by atomic mass is 11.7. The van der Waals surface area contributed by atoms with Crippen LogP contribution in [-0.4, -0.2) is 35.3 Å². The topological polar surface area (TPSA) is 126 Å². The second-order valence-corrected chi connectivity index (χ2v) is 1.89. The van der Waals surface area contributed by atoms with Crippen molar-refractivity contribution in [2.75, 3.05) is 14.2 Å². The van der Waals surface area contributed by atoms with Crippen LogP contribution >= 0.6 is 0 Å². The van der Waals surface area contributed by atoms with Crippen molar-refractivity contribution < 1.29 is 9.68 Å². The normalized spacial score (nSPS) is 21.0. The van der Waals surface area contributed by atoms with Crippen LogP contribution in [0, 0.1) is 10.4 Å². The van der Waals surface area contributed by atoms with Crippen molar-refractivity contribution in [2.24, 2.45) is 0 Å². The van der Waals surface area contributed by atoms with Crippen LogP contribution in [0.15, 0.2) is 0 Å². The second-order valence-electron chi connectivity index (χ2n) is 1.89. The first-order chi connectivity index (χ1) is 6.70. The molecule has 1 fully saturated rings. The minimum atomic E-state index is -0.0231. The Morgan fingerprint density at radius 1 is 0.929 bits per heavy atom. The van der Waals surface area contributed by atoms with Gasteiger partial charge in [-0.1, -0.05) is 0 Å². The summed E-state index contributed by atoms with van der Waals surface area (Å²) in [6.07, 6.45) is 0. The van der Waals surface area contributed by atoms with Crippen LogP contribution in [0.3, 0.4) is 0 Å². The molecule has 0 unspecified atom stereocenters. The van der Waals surface area contributed by atoms with Crippen molar-refractivity contribution in [1.29, 1.82) is 0 Å². The van der Waals surface area contributed by atoms with Gasteiger partial charge in [0.2, 0.25) is 0 Å². The van der Waals surface area contributed by atoms with Crippen molar-refractivity contribution in [1.82, 2.24) is 43.3 Å². The Kier molecular flexibility index (Phi) is 4.48. The highest BCUT2D eigenvalue weighted by molar-refractivity contribution is 4.40.